The van der Waals surface area contributed by atoms with Crippen molar-refractivity contribution in [3.05, 3.63) is 0 Å². The zero-order chi connectivity index (χ0) is 18.0. The molecule has 6 heteroatoms. The quantitative estimate of drug-likeness (QED) is 0.742. The van der Waals surface area contributed by atoms with Gasteiger partial charge in [0.05, 0.1) is 5.41 Å². The smallest absolute Gasteiger partial charge is 0.229 e. The molecule has 0 aromatic rings. The van der Waals surface area contributed by atoms with Crippen LogP contribution in [0.1, 0.15) is 39.5 Å². The van der Waals surface area contributed by atoms with Crippen LogP contribution in [0.3, 0.4) is 0 Å². The molecule has 1 unspecified atom stereocenters. The molecule has 25 heavy (non-hydrogen) atoms. The van der Waals surface area contributed by atoms with Crippen LogP contribution in [0.25, 0.3) is 0 Å². The Labute approximate surface area is 152 Å². The summed E-state index contributed by atoms with van der Waals surface area (Å²) in [7, 11) is 2.11. The molecule has 3 saturated heterocycles. The highest BCUT2D eigenvalue weighted by atomic mass is 16.2. The molecule has 3 aliphatic heterocycles. The van der Waals surface area contributed by atoms with Crippen molar-refractivity contribution in [1.82, 2.24) is 19.6 Å². The van der Waals surface area contributed by atoms with Crippen LogP contribution >= 0.6 is 0 Å². The maximum Gasteiger partial charge on any atom is 0.229 e. The molecule has 6 nitrogen and oxygen atoms in total. The highest BCUT2D eigenvalue weighted by Gasteiger charge is 2.42. The van der Waals surface area contributed by atoms with E-state index in [1.165, 1.54) is 0 Å². The molecule has 2 amide bonds. The van der Waals surface area contributed by atoms with Crippen LogP contribution in [-0.2, 0) is 9.59 Å². The van der Waals surface area contributed by atoms with E-state index in [9.17, 15) is 9.59 Å². The molecular weight excluding hydrogens is 316 g/mol. The second-order valence-electron chi connectivity index (χ2n) is 8.47. The van der Waals surface area contributed by atoms with Crippen LogP contribution in [-0.4, -0.2) is 96.9 Å². The molecule has 3 fully saturated rings. The predicted octanol–water partition coefficient (Wildman–Crippen LogP) is 0.873. The van der Waals surface area contributed by atoms with Gasteiger partial charge in [0.1, 0.15) is 0 Å². The third kappa shape index (κ3) is 4.17. The lowest BCUT2D eigenvalue weighted by Crippen LogP contribution is -2.48. The monoisotopic (exact) mass is 350 g/mol. The summed E-state index contributed by atoms with van der Waals surface area (Å²) in [4.78, 5) is 33.5. The number of hydrogen-bond acceptors (Lipinski definition) is 4. The van der Waals surface area contributed by atoms with Gasteiger partial charge in [-0.25, -0.2) is 0 Å². The first-order valence-electron chi connectivity index (χ1n) is 9.86. The zero-order valence-electron chi connectivity index (χ0n) is 16.2. The van der Waals surface area contributed by atoms with Crippen molar-refractivity contribution in [3.63, 3.8) is 0 Å². The van der Waals surface area contributed by atoms with Crippen LogP contribution in [0.15, 0.2) is 0 Å². The number of amides is 2. The van der Waals surface area contributed by atoms with E-state index in [1.54, 1.807) is 6.92 Å². The molecule has 0 N–H and O–H groups in total. The average Bonchev–Trinajstić information content (AvgIpc) is 2.81. The van der Waals surface area contributed by atoms with Gasteiger partial charge in [-0.3, -0.25) is 14.5 Å². The minimum atomic E-state index is -0.198. The molecule has 0 spiro atoms. The van der Waals surface area contributed by atoms with E-state index < -0.39 is 0 Å². The van der Waals surface area contributed by atoms with Crippen molar-refractivity contribution < 1.29 is 9.59 Å². The summed E-state index contributed by atoms with van der Waals surface area (Å²) in [5, 5.41) is 0. The van der Waals surface area contributed by atoms with Crippen molar-refractivity contribution in [1.29, 1.82) is 0 Å². The van der Waals surface area contributed by atoms with Crippen molar-refractivity contribution >= 4 is 11.8 Å². The first-order chi connectivity index (χ1) is 11.9. The fourth-order valence-corrected chi connectivity index (χ4v) is 4.80. The number of nitrogens with zero attached hydrogens (tertiary/aromatic N) is 4. The molecule has 142 valence electrons. The fraction of sp³-hybridized carbons (Fsp3) is 0.895. The Morgan fingerprint density at radius 2 is 1.64 bits per heavy atom. The first-order valence-corrected chi connectivity index (χ1v) is 9.86. The molecular formula is C19H34N4O2. The van der Waals surface area contributed by atoms with E-state index in [4.69, 9.17) is 0 Å². The summed E-state index contributed by atoms with van der Waals surface area (Å²) < 4.78 is 0. The van der Waals surface area contributed by atoms with E-state index in [1.807, 2.05) is 4.90 Å². The number of rotatable bonds is 2. The third-order valence-corrected chi connectivity index (χ3v) is 6.42. The topological polar surface area (TPSA) is 47.1 Å². The fourth-order valence-electron chi connectivity index (χ4n) is 4.80. The highest BCUT2D eigenvalue weighted by molar-refractivity contribution is 5.83. The van der Waals surface area contributed by atoms with Crippen molar-refractivity contribution in [2.24, 2.45) is 5.41 Å². The molecule has 3 rings (SSSR count). The van der Waals surface area contributed by atoms with Crippen molar-refractivity contribution in [3.8, 4) is 0 Å². The summed E-state index contributed by atoms with van der Waals surface area (Å²) in [6, 6.07) is 0.568. The molecule has 1 atom stereocenters. The minimum Gasteiger partial charge on any atom is -0.343 e. The molecule has 0 radical (unpaired) electrons. The molecule has 0 aromatic carbocycles. The summed E-state index contributed by atoms with van der Waals surface area (Å²) in [5.74, 6) is 0.547. The zero-order valence-corrected chi connectivity index (χ0v) is 16.2. The molecule has 0 saturated carbocycles. The van der Waals surface area contributed by atoms with Crippen LogP contribution in [0.4, 0.5) is 0 Å². The Balaban J connectivity index is 1.53. The Hall–Kier alpha value is -1.14. The maximum atomic E-state index is 13.1. The number of hydrogen-bond donors (Lipinski definition) is 0. The number of piperidine rings is 1. The molecule has 0 aromatic heterocycles. The lowest BCUT2D eigenvalue weighted by Gasteiger charge is -2.38. The first kappa shape index (κ1) is 18.6. The molecule has 0 bridgehead atoms. The highest BCUT2D eigenvalue weighted by Crippen LogP contribution is 2.31. The largest absolute Gasteiger partial charge is 0.343 e. The molecule has 0 aliphatic carbocycles. The summed E-state index contributed by atoms with van der Waals surface area (Å²) in [6.45, 7) is 11.3. The summed E-state index contributed by atoms with van der Waals surface area (Å²) in [5.41, 5.74) is -0.198. The van der Waals surface area contributed by atoms with Gasteiger partial charge < -0.3 is 14.7 Å². The second-order valence-corrected chi connectivity index (χ2v) is 8.47. The van der Waals surface area contributed by atoms with Gasteiger partial charge in [-0.05, 0) is 46.2 Å². The SMILES string of the molecule is CC(=O)N1CCC(N2CCCN(C(=O)C3(C)CCN(C)C3)CC2)CC1. The van der Waals surface area contributed by atoms with Gasteiger partial charge in [0.25, 0.3) is 0 Å². The predicted molar refractivity (Wildman–Crippen MR) is 98.3 cm³/mol. The van der Waals surface area contributed by atoms with Crippen LogP contribution in [0.5, 0.6) is 0 Å². The summed E-state index contributed by atoms with van der Waals surface area (Å²) in [6.07, 6.45) is 4.17. The summed E-state index contributed by atoms with van der Waals surface area (Å²) >= 11 is 0. The van der Waals surface area contributed by atoms with Gasteiger partial charge in [0, 0.05) is 58.8 Å². The number of likely N-dealkylation sites (tertiary alicyclic amines) is 2. The number of carbonyl (C=O) groups is 2. The van der Waals surface area contributed by atoms with Crippen molar-refractivity contribution in [2.75, 3.05) is 59.4 Å². The number of carbonyl (C=O) groups excluding carboxylic acids is 2. The second kappa shape index (κ2) is 7.62. The van der Waals surface area contributed by atoms with Gasteiger partial charge in [-0.15, -0.1) is 0 Å². The van der Waals surface area contributed by atoms with Crippen molar-refractivity contribution in [2.45, 2.75) is 45.6 Å². The third-order valence-electron chi connectivity index (χ3n) is 6.42. The van der Waals surface area contributed by atoms with E-state index in [-0.39, 0.29) is 11.3 Å². The Morgan fingerprint density at radius 1 is 0.920 bits per heavy atom. The lowest BCUT2D eigenvalue weighted by atomic mass is 9.88. The van der Waals surface area contributed by atoms with Gasteiger partial charge >= 0.3 is 0 Å². The minimum absolute atomic E-state index is 0.195. The maximum absolute atomic E-state index is 13.1. The van der Waals surface area contributed by atoms with E-state index >= 15 is 0 Å². The van der Waals surface area contributed by atoms with E-state index in [0.29, 0.717) is 11.9 Å². The van der Waals surface area contributed by atoms with Gasteiger partial charge in [0.15, 0.2) is 0 Å². The van der Waals surface area contributed by atoms with E-state index in [0.717, 1.165) is 78.0 Å². The Bertz CT molecular complexity index is 504. The van der Waals surface area contributed by atoms with Crippen LogP contribution < -0.4 is 0 Å². The Kier molecular flexibility index (Phi) is 5.68. The molecule has 3 aliphatic rings. The molecule has 3 heterocycles. The van der Waals surface area contributed by atoms with Gasteiger partial charge in [-0.2, -0.15) is 0 Å². The van der Waals surface area contributed by atoms with Gasteiger partial charge in [0.2, 0.25) is 11.8 Å². The standard InChI is InChI=1S/C19H34N4O2/c1-16(24)21-10-5-17(6-11-21)22-8-4-9-23(14-13-22)18(25)19(2)7-12-20(3)15-19/h17H,4-15H2,1-3H3. The van der Waals surface area contributed by atoms with Crippen LogP contribution in [0.2, 0.25) is 0 Å². The van der Waals surface area contributed by atoms with Crippen LogP contribution in [0, 0.1) is 5.41 Å². The van der Waals surface area contributed by atoms with Gasteiger partial charge in [-0.1, -0.05) is 0 Å². The Morgan fingerprint density at radius 3 is 2.24 bits per heavy atom. The normalized spacial score (nSPS) is 30.5. The lowest BCUT2D eigenvalue weighted by molar-refractivity contribution is -0.140. The van der Waals surface area contributed by atoms with E-state index in [2.05, 4.69) is 28.7 Å². The average molecular weight is 351 g/mol.